The predicted octanol–water partition coefficient (Wildman–Crippen LogP) is 2.80. The standard InChI is InChI=1S/C14H13F2NO2S/c1-8-2-5-13(20-8)14(19)17-7-12(18)10-4-3-9(15)6-11(10)16/h2-6,12,18H,7H2,1H3,(H,17,19). The molecule has 0 aliphatic rings. The van der Waals surface area contributed by atoms with Gasteiger partial charge in [0, 0.05) is 23.1 Å². The van der Waals surface area contributed by atoms with E-state index in [2.05, 4.69) is 5.32 Å². The summed E-state index contributed by atoms with van der Waals surface area (Å²) in [4.78, 5) is 13.3. The summed E-state index contributed by atoms with van der Waals surface area (Å²) in [6.45, 7) is 1.74. The number of aliphatic hydroxyl groups excluding tert-OH is 1. The Hall–Kier alpha value is -1.79. The summed E-state index contributed by atoms with van der Waals surface area (Å²) in [6.07, 6.45) is -1.22. The third kappa shape index (κ3) is 3.40. The average Bonchev–Trinajstić information content (AvgIpc) is 2.82. The molecular formula is C14H13F2NO2S. The minimum absolute atomic E-state index is 0.0472. The lowest BCUT2D eigenvalue weighted by Gasteiger charge is -2.12. The van der Waals surface area contributed by atoms with Crippen LogP contribution >= 0.6 is 11.3 Å². The first-order chi connectivity index (χ1) is 9.47. The van der Waals surface area contributed by atoms with Gasteiger partial charge in [0.15, 0.2) is 0 Å². The highest BCUT2D eigenvalue weighted by Gasteiger charge is 2.15. The molecule has 2 aromatic rings. The number of carbonyl (C=O) groups excluding carboxylic acids is 1. The summed E-state index contributed by atoms with van der Waals surface area (Å²) in [5.74, 6) is -1.88. The molecule has 6 heteroatoms. The van der Waals surface area contributed by atoms with Gasteiger partial charge in [-0.1, -0.05) is 6.07 Å². The number of rotatable bonds is 4. The minimum Gasteiger partial charge on any atom is -0.386 e. The van der Waals surface area contributed by atoms with Gasteiger partial charge in [-0.2, -0.15) is 0 Å². The fourth-order valence-electron chi connectivity index (χ4n) is 1.71. The van der Waals surface area contributed by atoms with Crippen molar-refractivity contribution in [3.8, 4) is 0 Å². The van der Waals surface area contributed by atoms with Gasteiger partial charge < -0.3 is 10.4 Å². The fourth-order valence-corrected chi connectivity index (χ4v) is 2.50. The van der Waals surface area contributed by atoms with E-state index in [9.17, 15) is 18.7 Å². The van der Waals surface area contributed by atoms with Crippen molar-refractivity contribution in [1.29, 1.82) is 0 Å². The zero-order valence-electron chi connectivity index (χ0n) is 10.7. The lowest BCUT2D eigenvalue weighted by atomic mass is 10.1. The van der Waals surface area contributed by atoms with Gasteiger partial charge in [0.25, 0.3) is 5.91 Å². The SMILES string of the molecule is Cc1ccc(C(=O)NCC(O)c2ccc(F)cc2F)s1. The van der Waals surface area contributed by atoms with Gasteiger partial charge in [-0.3, -0.25) is 4.79 Å². The molecule has 1 aromatic carbocycles. The predicted molar refractivity (Wildman–Crippen MR) is 72.7 cm³/mol. The normalized spacial score (nSPS) is 12.2. The Bertz CT molecular complexity index is 627. The molecule has 0 spiro atoms. The molecule has 0 aliphatic carbocycles. The van der Waals surface area contributed by atoms with Crippen molar-refractivity contribution in [3.05, 3.63) is 57.3 Å². The van der Waals surface area contributed by atoms with E-state index in [1.165, 1.54) is 11.3 Å². The lowest BCUT2D eigenvalue weighted by molar-refractivity contribution is 0.0918. The second-order valence-electron chi connectivity index (χ2n) is 4.30. The van der Waals surface area contributed by atoms with E-state index in [1.807, 2.05) is 13.0 Å². The van der Waals surface area contributed by atoms with E-state index in [0.29, 0.717) is 10.9 Å². The van der Waals surface area contributed by atoms with E-state index in [-0.39, 0.29) is 18.0 Å². The van der Waals surface area contributed by atoms with Gasteiger partial charge >= 0.3 is 0 Å². The number of hydrogen-bond acceptors (Lipinski definition) is 3. The molecule has 0 aliphatic heterocycles. The van der Waals surface area contributed by atoms with Crippen LogP contribution < -0.4 is 5.32 Å². The van der Waals surface area contributed by atoms with E-state index in [4.69, 9.17) is 0 Å². The van der Waals surface area contributed by atoms with Crippen LogP contribution in [0.5, 0.6) is 0 Å². The highest BCUT2D eigenvalue weighted by atomic mass is 32.1. The third-order valence-electron chi connectivity index (χ3n) is 2.74. The molecule has 0 fully saturated rings. The molecule has 1 amide bonds. The fraction of sp³-hybridized carbons (Fsp3) is 0.214. The van der Waals surface area contributed by atoms with E-state index in [0.717, 1.165) is 17.0 Å². The first-order valence-corrected chi connectivity index (χ1v) is 6.76. The number of benzene rings is 1. The molecule has 1 atom stereocenters. The highest BCUT2D eigenvalue weighted by molar-refractivity contribution is 7.13. The molecule has 3 nitrogen and oxygen atoms in total. The molecule has 0 saturated heterocycles. The zero-order chi connectivity index (χ0) is 14.7. The van der Waals surface area contributed by atoms with Crippen LogP contribution in [0.25, 0.3) is 0 Å². The first kappa shape index (κ1) is 14.6. The van der Waals surface area contributed by atoms with Gasteiger partial charge in [-0.15, -0.1) is 11.3 Å². The van der Waals surface area contributed by atoms with Crippen LogP contribution in [0, 0.1) is 18.6 Å². The number of amides is 1. The number of carbonyl (C=O) groups is 1. The zero-order valence-corrected chi connectivity index (χ0v) is 11.5. The number of aryl methyl sites for hydroxylation is 1. The number of nitrogens with one attached hydrogen (secondary N) is 1. The van der Waals surface area contributed by atoms with E-state index in [1.54, 1.807) is 6.07 Å². The van der Waals surface area contributed by atoms with Gasteiger partial charge in [0.2, 0.25) is 0 Å². The van der Waals surface area contributed by atoms with E-state index < -0.39 is 17.7 Å². The molecule has 20 heavy (non-hydrogen) atoms. The Morgan fingerprint density at radius 3 is 2.70 bits per heavy atom. The van der Waals surface area contributed by atoms with Crippen molar-refractivity contribution >= 4 is 17.2 Å². The molecule has 1 unspecified atom stereocenters. The van der Waals surface area contributed by atoms with Crippen LogP contribution in [-0.2, 0) is 0 Å². The molecule has 1 aromatic heterocycles. The van der Waals surface area contributed by atoms with Gasteiger partial charge in [-0.25, -0.2) is 8.78 Å². The maximum atomic E-state index is 13.4. The Labute approximate surface area is 118 Å². The first-order valence-electron chi connectivity index (χ1n) is 5.95. The van der Waals surface area contributed by atoms with Crippen molar-refractivity contribution in [2.75, 3.05) is 6.54 Å². The summed E-state index contributed by atoms with van der Waals surface area (Å²) in [6, 6.07) is 6.42. The quantitative estimate of drug-likeness (QED) is 0.911. The summed E-state index contributed by atoms with van der Waals surface area (Å²) < 4.78 is 26.2. The number of halogens is 2. The summed E-state index contributed by atoms with van der Waals surface area (Å²) >= 11 is 1.33. The summed E-state index contributed by atoms with van der Waals surface area (Å²) in [7, 11) is 0. The second-order valence-corrected chi connectivity index (χ2v) is 5.59. The molecule has 1 heterocycles. The molecule has 0 radical (unpaired) electrons. The van der Waals surface area contributed by atoms with Crippen molar-refractivity contribution in [1.82, 2.24) is 5.32 Å². The number of hydrogen-bond donors (Lipinski definition) is 2. The van der Waals surface area contributed by atoms with Crippen LogP contribution in [0.1, 0.15) is 26.2 Å². The molecule has 0 saturated carbocycles. The maximum absolute atomic E-state index is 13.4. The minimum atomic E-state index is -1.22. The largest absolute Gasteiger partial charge is 0.386 e. The van der Waals surface area contributed by atoms with Crippen LogP contribution in [0.15, 0.2) is 30.3 Å². The molecule has 0 bridgehead atoms. The smallest absolute Gasteiger partial charge is 0.261 e. The Balaban J connectivity index is 1.98. The van der Waals surface area contributed by atoms with Crippen LogP contribution in [0.4, 0.5) is 8.78 Å². The molecular weight excluding hydrogens is 284 g/mol. The monoisotopic (exact) mass is 297 g/mol. The average molecular weight is 297 g/mol. The lowest BCUT2D eigenvalue weighted by Crippen LogP contribution is -2.28. The third-order valence-corrected chi connectivity index (χ3v) is 3.74. The molecule has 2 rings (SSSR count). The van der Waals surface area contributed by atoms with Gasteiger partial charge in [0.1, 0.15) is 11.6 Å². The Morgan fingerprint density at radius 2 is 2.10 bits per heavy atom. The molecule has 2 N–H and O–H groups in total. The highest BCUT2D eigenvalue weighted by Crippen LogP contribution is 2.18. The van der Waals surface area contributed by atoms with Crippen molar-refractivity contribution in [2.45, 2.75) is 13.0 Å². The summed E-state index contributed by atoms with van der Waals surface area (Å²) in [5, 5.41) is 12.3. The van der Waals surface area contributed by atoms with Crippen LogP contribution in [-0.4, -0.2) is 17.6 Å². The summed E-state index contributed by atoms with van der Waals surface area (Å²) in [5.41, 5.74) is -0.0472. The van der Waals surface area contributed by atoms with Crippen LogP contribution in [0.2, 0.25) is 0 Å². The second kappa shape index (κ2) is 6.11. The van der Waals surface area contributed by atoms with Gasteiger partial charge in [0.05, 0.1) is 11.0 Å². The Morgan fingerprint density at radius 1 is 1.35 bits per heavy atom. The van der Waals surface area contributed by atoms with E-state index >= 15 is 0 Å². The topological polar surface area (TPSA) is 49.3 Å². The Kier molecular flexibility index (Phi) is 4.46. The number of aliphatic hydroxyl groups is 1. The van der Waals surface area contributed by atoms with Gasteiger partial charge in [-0.05, 0) is 25.1 Å². The maximum Gasteiger partial charge on any atom is 0.261 e. The van der Waals surface area contributed by atoms with Crippen LogP contribution in [0.3, 0.4) is 0 Å². The molecule has 106 valence electrons. The van der Waals surface area contributed by atoms with Crippen molar-refractivity contribution in [2.24, 2.45) is 0 Å². The number of thiophene rings is 1. The van der Waals surface area contributed by atoms with Crippen molar-refractivity contribution < 1.29 is 18.7 Å². The van der Waals surface area contributed by atoms with Crippen molar-refractivity contribution in [3.63, 3.8) is 0 Å².